The summed E-state index contributed by atoms with van der Waals surface area (Å²) < 4.78 is 12.0. The molecule has 2 aromatic heterocycles. The molecule has 0 N–H and O–H groups in total. The molecule has 7 nitrogen and oxygen atoms in total. The first kappa shape index (κ1) is 25.6. The average Bonchev–Trinajstić information content (AvgIpc) is 3.29. The maximum absolute atomic E-state index is 13.9. The highest BCUT2D eigenvalue weighted by atomic mass is 35.5. The molecule has 0 radical (unpaired) electrons. The molecular formula is C27H26ClN3O4S. The fourth-order valence-electron chi connectivity index (χ4n) is 4.13. The van der Waals surface area contributed by atoms with Crippen molar-refractivity contribution in [3.05, 3.63) is 76.1 Å². The number of nitrogens with zero attached hydrogens (tertiary/aromatic N) is 3. The zero-order valence-electron chi connectivity index (χ0n) is 20.4. The summed E-state index contributed by atoms with van der Waals surface area (Å²) in [6.45, 7) is 2.96. The number of fused-ring (bicyclic) bond motifs is 4. The second-order valence-electron chi connectivity index (χ2n) is 8.66. The molecule has 186 valence electrons. The van der Waals surface area contributed by atoms with Crippen molar-refractivity contribution in [2.45, 2.75) is 6.92 Å². The third kappa shape index (κ3) is 4.55. The molecule has 0 saturated carbocycles. The van der Waals surface area contributed by atoms with E-state index in [4.69, 9.17) is 14.1 Å². The van der Waals surface area contributed by atoms with Gasteiger partial charge >= 0.3 is 5.63 Å². The molecule has 0 saturated heterocycles. The summed E-state index contributed by atoms with van der Waals surface area (Å²) in [4.78, 5) is 35.1. The lowest BCUT2D eigenvalue weighted by molar-refractivity contribution is 0.0982. The van der Waals surface area contributed by atoms with Crippen LogP contribution in [-0.4, -0.2) is 50.1 Å². The second kappa shape index (κ2) is 10.3. The van der Waals surface area contributed by atoms with Gasteiger partial charge in [-0.15, -0.1) is 12.4 Å². The van der Waals surface area contributed by atoms with E-state index in [0.717, 1.165) is 26.4 Å². The largest absolute Gasteiger partial charge is 0.494 e. The molecule has 9 heteroatoms. The molecule has 5 aromatic rings. The minimum atomic E-state index is -0.664. The van der Waals surface area contributed by atoms with Gasteiger partial charge in [0.05, 0.1) is 11.8 Å². The van der Waals surface area contributed by atoms with Gasteiger partial charge in [-0.05, 0) is 55.6 Å². The van der Waals surface area contributed by atoms with Crippen LogP contribution in [0.3, 0.4) is 0 Å². The average molecular weight is 524 g/mol. The number of halogens is 1. The Morgan fingerprint density at radius 3 is 2.58 bits per heavy atom. The number of rotatable bonds is 6. The summed E-state index contributed by atoms with van der Waals surface area (Å²) in [6.07, 6.45) is 0. The molecule has 0 unspecified atom stereocenters. The highest BCUT2D eigenvalue weighted by Gasteiger charge is 2.26. The molecule has 0 atom stereocenters. The number of aromatic nitrogens is 1. The van der Waals surface area contributed by atoms with Crippen molar-refractivity contribution in [2.24, 2.45) is 0 Å². The highest BCUT2D eigenvalue weighted by Crippen LogP contribution is 2.37. The van der Waals surface area contributed by atoms with Crippen LogP contribution in [0.25, 0.3) is 32.0 Å². The molecule has 0 spiro atoms. The van der Waals surface area contributed by atoms with Gasteiger partial charge in [0.25, 0.3) is 5.91 Å². The topological polar surface area (TPSA) is 75.9 Å². The first-order valence-electron chi connectivity index (χ1n) is 11.2. The molecule has 0 aliphatic rings. The van der Waals surface area contributed by atoms with Gasteiger partial charge < -0.3 is 14.1 Å². The lowest BCUT2D eigenvalue weighted by Crippen LogP contribution is -2.38. The molecule has 3 aromatic carbocycles. The number of carbonyl (C=O) groups is 1. The molecule has 0 aliphatic carbocycles. The van der Waals surface area contributed by atoms with Crippen molar-refractivity contribution >= 4 is 66.7 Å². The van der Waals surface area contributed by atoms with E-state index >= 15 is 0 Å². The number of thiazole rings is 1. The first-order valence-corrected chi connectivity index (χ1v) is 12.1. The zero-order valence-corrected chi connectivity index (χ0v) is 22.0. The van der Waals surface area contributed by atoms with Crippen LogP contribution in [0.2, 0.25) is 0 Å². The van der Waals surface area contributed by atoms with Crippen molar-refractivity contribution in [1.82, 2.24) is 9.88 Å². The molecule has 0 bridgehead atoms. The van der Waals surface area contributed by atoms with E-state index in [1.54, 1.807) is 24.1 Å². The Labute approximate surface area is 218 Å². The number of aryl methyl sites for hydroxylation is 1. The van der Waals surface area contributed by atoms with Crippen molar-refractivity contribution in [3.8, 4) is 5.75 Å². The predicted octanol–water partition coefficient (Wildman–Crippen LogP) is 5.50. The first-order chi connectivity index (χ1) is 16.9. The van der Waals surface area contributed by atoms with Crippen LogP contribution < -0.4 is 15.3 Å². The Morgan fingerprint density at radius 1 is 1.06 bits per heavy atom. The van der Waals surface area contributed by atoms with E-state index in [0.29, 0.717) is 35.1 Å². The van der Waals surface area contributed by atoms with Crippen LogP contribution in [0.15, 0.2) is 63.8 Å². The number of likely N-dealkylation sites (N-methyl/N-ethyl adjacent to an activating group) is 1. The molecule has 0 aliphatic heterocycles. The number of methoxy groups -OCH3 is 1. The fraction of sp³-hybridized carbons (Fsp3) is 0.222. The van der Waals surface area contributed by atoms with Crippen LogP contribution in [0.4, 0.5) is 5.13 Å². The zero-order chi connectivity index (χ0) is 24.7. The predicted molar refractivity (Wildman–Crippen MR) is 148 cm³/mol. The molecule has 5 rings (SSSR count). The molecule has 36 heavy (non-hydrogen) atoms. The molecule has 1 amide bonds. The van der Waals surface area contributed by atoms with Crippen molar-refractivity contribution in [3.63, 3.8) is 0 Å². The van der Waals surface area contributed by atoms with Crippen molar-refractivity contribution in [1.29, 1.82) is 0 Å². The lowest BCUT2D eigenvalue weighted by atomic mass is 10.0. The van der Waals surface area contributed by atoms with E-state index in [1.807, 2.05) is 68.4 Å². The van der Waals surface area contributed by atoms with E-state index in [1.165, 1.54) is 11.3 Å². The quantitative estimate of drug-likeness (QED) is 0.216. The summed E-state index contributed by atoms with van der Waals surface area (Å²) >= 11 is 1.41. The standard InChI is InChI=1S/C27H25N3O4S.ClH/c1-16-9-11-22(33-4)23-24(16)35-27(28-23)30(14-13-29(2)3)25(31)20-15-19-18-8-6-5-7-17(18)10-12-21(19)34-26(20)32;/h5-12,15H,13-14H2,1-4H3;1H. The fourth-order valence-corrected chi connectivity index (χ4v) is 5.20. The van der Waals surface area contributed by atoms with Gasteiger partial charge in [0.1, 0.15) is 22.4 Å². The number of ether oxygens (including phenoxy) is 1. The van der Waals surface area contributed by atoms with Crippen LogP contribution in [-0.2, 0) is 0 Å². The summed E-state index contributed by atoms with van der Waals surface area (Å²) in [7, 11) is 5.47. The molecule has 0 fully saturated rings. The maximum atomic E-state index is 13.9. The second-order valence-corrected chi connectivity index (χ2v) is 9.64. The number of hydrogen-bond donors (Lipinski definition) is 0. The van der Waals surface area contributed by atoms with Crippen molar-refractivity contribution in [2.75, 3.05) is 39.2 Å². The lowest BCUT2D eigenvalue weighted by Gasteiger charge is -2.21. The Balaban J connectivity index is 0.00000304. The number of hydrogen-bond acceptors (Lipinski definition) is 7. The number of carbonyl (C=O) groups excluding carboxylic acids is 1. The van der Waals surface area contributed by atoms with Gasteiger partial charge in [-0.1, -0.05) is 47.7 Å². The molecular weight excluding hydrogens is 498 g/mol. The summed E-state index contributed by atoms with van der Waals surface area (Å²) in [5, 5.41) is 3.16. The van der Waals surface area contributed by atoms with E-state index in [-0.39, 0.29) is 18.0 Å². The van der Waals surface area contributed by atoms with Crippen LogP contribution in [0.1, 0.15) is 15.9 Å². The summed E-state index contributed by atoms with van der Waals surface area (Å²) in [5.74, 6) is 0.205. The summed E-state index contributed by atoms with van der Waals surface area (Å²) in [6, 6.07) is 17.0. The van der Waals surface area contributed by atoms with E-state index in [2.05, 4.69) is 0 Å². The van der Waals surface area contributed by atoms with Crippen LogP contribution >= 0.6 is 23.7 Å². The van der Waals surface area contributed by atoms with Crippen LogP contribution in [0, 0.1) is 6.92 Å². The normalized spacial score (nSPS) is 11.2. The van der Waals surface area contributed by atoms with Gasteiger partial charge in [-0.25, -0.2) is 9.78 Å². The monoisotopic (exact) mass is 523 g/mol. The van der Waals surface area contributed by atoms with E-state index in [9.17, 15) is 9.59 Å². The van der Waals surface area contributed by atoms with Crippen LogP contribution in [0.5, 0.6) is 5.75 Å². The smallest absolute Gasteiger partial charge is 0.349 e. The third-order valence-electron chi connectivity index (χ3n) is 6.03. The number of amides is 1. The van der Waals surface area contributed by atoms with Gasteiger partial charge in [0, 0.05) is 18.5 Å². The molecule has 2 heterocycles. The number of benzene rings is 3. The minimum Gasteiger partial charge on any atom is -0.494 e. The number of anilines is 1. The Bertz CT molecular complexity index is 1640. The van der Waals surface area contributed by atoms with E-state index < -0.39 is 11.5 Å². The minimum absolute atomic E-state index is 0. The van der Waals surface area contributed by atoms with Gasteiger partial charge in [-0.2, -0.15) is 0 Å². The Morgan fingerprint density at radius 2 is 1.83 bits per heavy atom. The maximum Gasteiger partial charge on any atom is 0.349 e. The van der Waals surface area contributed by atoms with Gasteiger partial charge in [-0.3, -0.25) is 9.69 Å². The van der Waals surface area contributed by atoms with Gasteiger partial charge in [0.15, 0.2) is 5.13 Å². The van der Waals surface area contributed by atoms with Crippen molar-refractivity contribution < 1.29 is 13.9 Å². The summed E-state index contributed by atoms with van der Waals surface area (Å²) in [5.41, 5.74) is 1.51. The Hall–Kier alpha value is -3.46. The third-order valence-corrected chi connectivity index (χ3v) is 7.24. The van der Waals surface area contributed by atoms with Gasteiger partial charge in [0.2, 0.25) is 0 Å². The highest BCUT2D eigenvalue weighted by molar-refractivity contribution is 7.22. The Kier molecular flexibility index (Phi) is 7.31. The SMILES string of the molecule is COc1ccc(C)c2sc(N(CCN(C)C)C(=O)c3cc4c(ccc5ccccc54)oc3=O)nc12.Cl.